The van der Waals surface area contributed by atoms with Crippen molar-refractivity contribution in [1.29, 1.82) is 0 Å². The molecule has 0 unspecified atom stereocenters. The summed E-state index contributed by atoms with van der Waals surface area (Å²) in [5.74, 6) is 0. The minimum Gasteiger partial charge on any atom is -0.313 e. The Kier molecular flexibility index (Phi) is 4.33. The number of aryl methyl sites for hydroxylation is 1. The standard InChI is InChI=1S/C12H19BrN2O/c1-9-7-10(13)8-15(11(9)16)6-5-14-12(2,3)4/h7-8,14H,5-6H2,1-4H3. The summed E-state index contributed by atoms with van der Waals surface area (Å²) in [5, 5.41) is 3.36. The van der Waals surface area contributed by atoms with Crippen molar-refractivity contribution in [1.82, 2.24) is 9.88 Å². The van der Waals surface area contributed by atoms with Gasteiger partial charge in [-0.2, -0.15) is 0 Å². The van der Waals surface area contributed by atoms with Gasteiger partial charge in [-0.1, -0.05) is 0 Å². The fraction of sp³-hybridized carbons (Fsp3) is 0.583. The maximum absolute atomic E-state index is 11.8. The van der Waals surface area contributed by atoms with Crippen LogP contribution < -0.4 is 10.9 Å². The Morgan fingerprint density at radius 3 is 2.62 bits per heavy atom. The van der Waals surface area contributed by atoms with Gasteiger partial charge in [-0.25, -0.2) is 0 Å². The molecular formula is C12H19BrN2O. The Hall–Kier alpha value is -0.610. The molecule has 0 aliphatic rings. The highest BCUT2D eigenvalue weighted by molar-refractivity contribution is 9.10. The molecule has 0 radical (unpaired) electrons. The van der Waals surface area contributed by atoms with Gasteiger partial charge < -0.3 is 9.88 Å². The number of nitrogens with zero attached hydrogens (tertiary/aromatic N) is 1. The zero-order valence-corrected chi connectivity index (χ0v) is 11.9. The van der Waals surface area contributed by atoms with E-state index in [4.69, 9.17) is 0 Å². The van der Waals surface area contributed by atoms with Crippen molar-refractivity contribution in [2.24, 2.45) is 0 Å². The van der Waals surface area contributed by atoms with Gasteiger partial charge in [0.2, 0.25) is 0 Å². The lowest BCUT2D eigenvalue weighted by molar-refractivity contribution is 0.410. The number of rotatable bonds is 3. The number of halogens is 1. The van der Waals surface area contributed by atoms with Gasteiger partial charge >= 0.3 is 0 Å². The molecule has 0 aromatic carbocycles. The smallest absolute Gasteiger partial charge is 0.253 e. The molecule has 3 nitrogen and oxygen atoms in total. The first-order valence-corrected chi connectivity index (χ1v) is 6.20. The lowest BCUT2D eigenvalue weighted by Gasteiger charge is -2.20. The van der Waals surface area contributed by atoms with E-state index in [1.165, 1.54) is 0 Å². The van der Waals surface area contributed by atoms with E-state index >= 15 is 0 Å². The van der Waals surface area contributed by atoms with Crippen LogP contribution >= 0.6 is 15.9 Å². The van der Waals surface area contributed by atoms with E-state index in [1.807, 2.05) is 19.2 Å². The number of pyridine rings is 1. The number of aromatic nitrogens is 1. The van der Waals surface area contributed by atoms with Crippen LogP contribution in [0.25, 0.3) is 0 Å². The van der Waals surface area contributed by atoms with Crippen LogP contribution in [0.5, 0.6) is 0 Å². The summed E-state index contributed by atoms with van der Waals surface area (Å²) in [5.41, 5.74) is 0.939. The maximum Gasteiger partial charge on any atom is 0.253 e. The van der Waals surface area contributed by atoms with E-state index in [0.717, 1.165) is 16.6 Å². The first kappa shape index (κ1) is 13.5. The van der Waals surface area contributed by atoms with E-state index in [2.05, 4.69) is 42.0 Å². The topological polar surface area (TPSA) is 34.0 Å². The Bertz CT molecular complexity index is 418. The Balaban J connectivity index is 2.71. The van der Waals surface area contributed by atoms with Crippen LogP contribution in [0.2, 0.25) is 0 Å². The molecule has 0 saturated carbocycles. The summed E-state index contributed by atoms with van der Waals surface area (Å²) in [7, 11) is 0. The van der Waals surface area contributed by atoms with Gasteiger partial charge in [0, 0.05) is 34.9 Å². The summed E-state index contributed by atoms with van der Waals surface area (Å²) in [6.07, 6.45) is 1.83. The van der Waals surface area contributed by atoms with Gasteiger partial charge in [0.15, 0.2) is 0 Å². The average Bonchev–Trinajstić information content (AvgIpc) is 2.11. The summed E-state index contributed by atoms with van der Waals surface area (Å²) in [4.78, 5) is 11.8. The third-order valence-electron chi connectivity index (χ3n) is 2.24. The van der Waals surface area contributed by atoms with Crippen molar-refractivity contribution in [3.05, 3.63) is 32.7 Å². The van der Waals surface area contributed by atoms with Crippen LogP contribution in [0.1, 0.15) is 26.3 Å². The second-order valence-corrected chi connectivity index (χ2v) is 5.93. The molecule has 0 bridgehead atoms. The predicted octanol–water partition coefficient (Wildman–Crippen LogP) is 2.31. The minimum atomic E-state index is 0.0823. The van der Waals surface area contributed by atoms with E-state index < -0.39 is 0 Å². The highest BCUT2D eigenvalue weighted by atomic mass is 79.9. The fourth-order valence-electron chi connectivity index (χ4n) is 1.46. The van der Waals surface area contributed by atoms with E-state index in [1.54, 1.807) is 4.57 Å². The lowest BCUT2D eigenvalue weighted by Crippen LogP contribution is -2.39. The molecule has 4 heteroatoms. The molecule has 1 aromatic heterocycles. The number of nitrogens with one attached hydrogen (secondary N) is 1. The average molecular weight is 287 g/mol. The third-order valence-corrected chi connectivity index (χ3v) is 2.67. The number of hydrogen-bond donors (Lipinski definition) is 1. The first-order valence-electron chi connectivity index (χ1n) is 5.41. The Morgan fingerprint density at radius 1 is 1.44 bits per heavy atom. The predicted molar refractivity (Wildman–Crippen MR) is 70.9 cm³/mol. The molecule has 0 saturated heterocycles. The highest BCUT2D eigenvalue weighted by Gasteiger charge is 2.08. The molecule has 0 aliphatic carbocycles. The minimum absolute atomic E-state index is 0.0823. The van der Waals surface area contributed by atoms with Gasteiger partial charge in [0.1, 0.15) is 0 Å². The maximum atomic E-state index is 11.8. The molecule has 0 amide bonds. The normalized spacial score (nSPS) is 11.8. The third kappa shape index (κ3) is 4.10. The molecule has 90 valence electrons. The van der Waals surface area contributed by atoms with Crippen molar-refractivity contribution >= 4 is 15.9 Å². The van der Waals surface area contributed by atoms with Gasteiger partial charge in [-0.05, 0) is 49.7 Å². The van der Waals surface area contributed by atoms with Crippen LogP contribution in [0.3, 0.4) is 0 Å². The highest BCUT2D eigenvalue weighted by Crippen LogP contribution is 2.07. The Morgan fingerprint density at radius 2 is 2.06 bits per heavy atom. The summed E-state index contributed by atoms with van der Waals surface area (Å²) >= 11 is 3.40. The zero-order chi connectivity index (χ0) is 12.3. The molecule has 1 rings (SSSR count). The molecular weight excluding hydrogens is 268 g/mol. The molecule has 0 fully saturated rings. The lowest BCUT2D eigenvalue weighted by atomic mass is 10.1. The molecule has 1 aromatic rings. The van der Waals surface area contributed by atoms with Crippen LogP contribution in [0.15, 0.2) is 21.5 Å². The molecule has 1 heterocycles. The van der Waals surface area contributed by atoms with Gasteiger partial charge in [-0.15, -0.1) is 0 Å². The molecule has 0 aliphatic heterocycles. The van der Waals surface area contributed by atoms with Crippen molar-refractivity contribution in [2.45, 2.75) is 39.8 Å². The van der Waals surface area contributed by atoms with Crippen molar-refractivity contribution in [2.75, 3.05) is 6.54 Å². The fourth-order valence-corrected chi connectivity index (χ4v) is 2.05. The summed E-state index contributed by atoms with van der Waals surface area (Å²) in [6, 6.07) is 1.84. The molecule has 1 N–H and O–H groups in total. The summed E-state index contributed by atoms with van der Waals surface area (Å²) < 4.78 is 2.68. The second-order valence-electron chi connectivity index (χ2n) is 5.02. The monoisotopic (exact) mass is 286 g/mol. The van der Waals surface area contributed by atoms with Crippen molar-refractivity contribution in [3.63, 3.8) is 0 Å². The Labute approximate surface area is 105 Å². The van der Waals surface area contributed by atoms with Gasteiger partial charge in [0.25, 0.3) is 5.56 Å². The molecule has 0 atom stereocenters. The van der Waals surface area contributed by atoms with Gasteiger partial charge in [-0.3, -0.25) is 4.79 Å². The van der Waals surface area contributed by atoms with Crippen molar-refractivity contribution in [3.8, 4) is 0 Å². The second kappa shape index (κ2) is 5.15. The largest absolute Gasteiger partial charge is 0.313 e. The van der Waals surface area contributed by atoms with Crippen LogP contribution in [-0.2, 0) is 6.54 Å². The van der Waals surface area contributed by atoms with E-state index in [0.29, 0.717) is 6.54 Å². The number of hydrogen-bond acceptors (Lipinski definition) is 2. The van der Waals surface area contributed by atoms with Gasteiger partial charge in [0.05, 0.1) is 0 Å². The van der Waals surface area contributed by atoms with Crippen molar-refractivity contribution < 1.29 is 0 Å². The zero-order valence-electron chi connectivity index (χ0n) is 10.3. The van der Waals surface area contributed by atoms with Crippen LogP contribution in [-0.4, -0.2) is 16.7 Å². The molecule has 0 spiro atoms. The van der Waals surface area contributed by atoms with E-state index in [-0.39, 0.29) is 11.1 Å². The van der Waals surface area contributed by atoms with E-state index in [9.17, 15) is 4.79 Å². The SMILES string of the molecule is Cc1cc(Br)cn(CCNC(C)(C)C)c1=O. The summed E-state index contributed by atoms with van der Waals surface area (Å²) in [6.45, 7) is 9.66. The van der Waals surface area contributed by atoms with Crippen LogP contribution in [0.4, 0.5) is 0 Å². The quantitative estimate of drug-likeness (QED) is 0.925. The molecule has 16 heavy (non-hydrogen) atoms. The van der Waals surface area contributed by atoms with Crippen LogP contribution in [0, 0.1) is 6.92 Å². The first-order chi connectivity index (χ1) is 7.29.